The summed E-state index contributed by atoms with van der Waals surface area (Å²) in [7, 11) is 0. The number of rotatable bonds is 8. The lowest BCUT2D eigenvalue weighted by molar-refractivity contribution is 0.237. The first-order valence-corrected chi connectivity index (χ1v) is 7.24. The summed E-state index contributed by atoms with van der Waals surface area (Å²) < 4.78 is 0. The third-order valence-electron chi connectivity index (χ3n) is 4.47. The van der Waals surface area contributed by atoms with Crippen LogP contribution in [0.2, 0.25) is 0 Å². The molecule has 0 saturated heterocycles. The van der Waals surface area contributed by atoms with Crippen molar-refractivity contribution in [1.29, 1.82) is 0 Å². The zero-order valence-electron chi connectivity index (χ0n) is 12.3. The highest BCUT2D eigenvalue weighted by Gasteiger charge is 2.19. The van der Waals surface area contributed by atoms with Crippen molar-refractivity contribution in [2.75, 3.05) is 0 Å². The van der Waals surface area contributed by atoms with Gasteiger partial charge in [-0.25, -0.2) is 0 Å². The fourth-order valence-corrected chi connectivity index (χ4v) is 2.70. The van der Waals surface area contributed by atoms with Crippen LogP contribution in [-0.2, 0) is 0 Å². The van der Waals surface area contributed by atoms with Crippen molar-refractivity contribution in [2.45, 2.75) is 73.6 Å². The molecule has 0 heterocycles. The van der Waals surface area contributed by atoms with Gasteiger partial charge in [-0.1, -0.05) is 59.1 Å². The van der Waals surface area contributed by atoms with Gasteiger partial charge in [-0.3, -0.25) is 0 Å². The summed E-state index contributed by atoms with van der Waals surface area (Å²) in [5, 5.41) is 0. The molecule has 0 rings (SSSR count). The molecule has 0 bridgehead atoms. The molecule has 0 saturated carbocycles. The fourth-order valence-electron chi connectivity index (χ4n) is 2.70. The first-order chi connectivity index (χ1) is 7.60. The predicted octanol–water partition coefficient (Wildman–Crippen LogP) is 5.83. The lowest BCUT2D eigenvalue weighted by atomic mass is 9.78. The van der Waals surface area contributed by atoms with E-state index in [0.29, 0.717) is 0 Å². The van der Waals surface area contributed by atoms with E-state index in [0.717, 1.165) is 17.8 Å². The van der Waals surface area contributed by atoms with Crippen LogP contribution in [0.1, 0.15) is 73.6 Å². The first kappa shape index (κ1) is 15.7. The Kier molecular flexibility index (Phi) is 8.70. The van der Waals surface area contributed by atoms with Crippen molar-refractivity contribution in [3.05, 3.63) is 11.6 Å². The van der Waals surface area contributed by atoms with Crippen molar-refractivity contribution in [2.24, 2.45) is 17.8 Å². The van der Waals surface area contributed by atoms with Crippen LogP contribution in [0.15, 0.2) is 11.6 Å². The molecule has 0 aromatic carbocycles. The van der Waals surface area contributed by atoms with Crippen molar-refractivity contribution < 1.29 is 0 Å². The van der Waals surface area contributed by atoms with Crippen LogP contribution in [-0.4, -0.2) is 0 Å². The largest absolute Gasteiger partial charge is 0.0885 e. The zero-order chi connectivity index (χ0) is 12.6. The molecular formula is C16H32. The summed E-state index contributed by atoms with van der Waals surface area (Å²) in [6.07, 6.45) is 8.87. The second-order valence-corrected chi connectivity index (χ2v) is 5.25. The van der Waals surface area contributed by atoms with Gasteiger partial charge >= 0.3 is 0 Å². The Bertz CT molecular complexity index is 186. The standard InChI is InChI=1S/C16H32/c1-7-15(8-2)12-11-13(5)14(6)16(9-3)10-4/h7,13-14,16H,8-12H2,1-6H3. The molecule has 2 atom stereocenters. The second-order valence-electron chi connectivity index (χ2n) is 5.25. The van der Waals surface area contributed by atoms with Crippen LogP contribution in [0.3, 0.4) is 0 Å². The average Bonchev–Trinajstić information content (AvgIpc) is 2.31. The van der Waals surface area contributed by atoms with Crippen LogP contribution in [0.25, 0.3) is 0 Å². The Morgan fingerprint density at radius 1 is 1.06 bits per heavy atom. The van der Waals surface area contributed by atoms with E-state index in [4.69, 9.17) is 0 Å². The smallest absolute Gasteiger partial charge is 0.0318 e. The Hall–Kier alpha value is -0.260. The maximum absolute atomic E-state index is 2.45. The number of hydrogen-bond donors (Lipinski definition) is 0. The van der Waals surface area contributed by atoms with E-state index in [-0.39, 0.29) is 0 Å². The molecular weight excluding hydrogens is 192 g/mol. The molecule has 0 spiro atoms. The Morgan fingerprint density at radius 2 is 1.62 bits per heavy atom. The SMILES string of the molecule is CC=C(CC)CCC(C)C(C)C(CC)CC. The molecule has 0 fully saturated rings. The molecule has 16 heavy (non-hydrogen) atoms. The van der Waals surface area contributed by atoms with Gasteiger partial charge < -0.3 is 0 Å². The molecule has 96 valence electrons. The van der Waals surface area contributed by atoms with Crippen molar-refractivity contribution in [3.8, 4) is 0 Å². The molecule has 0 aliphatic heterocycles. The van der Waals surface area contributed by atoms with E-state index in [9.17, 15) is 0 Å². The predicted molar refractivity (Wildman–Crippen MR) is 75.7 cm³/mol. The van der Waals surface area contributed by atoms with Crippen LogP contribution in [0.5, 0.6) is 0 Å². The topological polar surface area (TPSA) is 0 Å². The number of hydrogen-bond acceptors (Lipinski definition) is 0. The summed E-state index contributed by atoms with van der Waals surface area (Å²) in [5.74, 6) is 2.67. The highest BCUT2D eigenvalue weighted by Crippen LogP contribution is 2.30. The third kappa shape index (κ3) is 5.18. The summed E-state index contributed by atoms with van der Waals surface area (Å²) in [6.45, 7) is 14.0. The molecule has 0 aliphatic carbocycles. The van der Waals surface area contributed by atoms with E-state index < -0.39 is 0 Å². The Labute approximate surface area is 104 Å². The van der Waals surface area contributed by atoms with Gasteiger partial charge in [0.25, 0.3) is 0 Å². The van der Waals surface area contributed by atoms with Gasteiger partial charge in [-0.05, 0) is 43.9 Å². The van der Waals surface area contributed by atoms with Gasteiger partial charge in [0, 0.05) is 0 Å². The summed E-state index contributed by atoms with van der Waals surface area (Å²) in [5.41, 5.74) is 1.63. The van der Waals surface area contributed by atoms with Gasteiger partial charge in [0.1, 0.15) is 0 Å². The normalized spacial score (nSPS) is 16.6. The van der Waals surface area contributed by atoms with Crippen LogP contribution >= 0.6 is 0 Å². The molecule has 0 amide bonds. The highest BCUT2D eigenvalue weighted by molar-refractivity contribution is 4.99. The zero-order valence-corrected chi connectivity index (χ0v) is 12.3. The third-order valence-corrected chi connectivity index (χ3v) is 4.47. The molecule has 0 aromatic rings. The lowest BCUT2D eigenvalue weighted by Gasteiger charge is -2.27. The van der Waals surface area contributed by atoms with Crippen LogP contribution in [0.4, 0.5) is 0 Å². The average molecular weight is 224 g/mol. The lowest BCUT2D eigenvalue weighted by Crippen LogP contribution is -2.18. The van der Waals surface area contributed by atoms with Crippen LogP contribution in [0, 0.1) is 17.8 Å². The summed E-state index contributed by atoms with van der Waals surface area (Å²) in [4.78, 5) is 0. The Balaban J connectivity index is 4.09. The molecule has 2 unspecified atom stereocenters. The monoisotopic (exact) mass is 224 g/mol. The van der Waals surface area contributed by atoms with Crippen LogP contribution < -0.4 is 0 Å². The molecule has 0 aliphatic rings. The second kappa shape index (κ2) is 8.84. The maximum atomic E-state index is 2.45. The van der Waals surface area contributed by atoms with Crippen molar-refractivity contribution >= 4 is 0 Å². The molecule has 0 aromatic heterocycles. The molecule has 0 nitrogen and oxygen atoms in total. The van der Waals surface area contributed by atoms with Gasteiger partial charge in [0.15, 0.2) is 0 Å². The summed E-state index contributed by atoms with van der Waals surface area (Å²) in [6, 6.07) is 0. The number of allylic oxidation sites excluding steroid dienone is 2. The minimum Gasteiger partial charge on any atom is -0.0885 e. The first-order valence-electron chi connectivity index (χ1n) is 7.24. The van der Waals surface area contributed by atoms with E-state index in [1.807, 2.05) is 0 Å². The molecule has 0 N–H and O–H groups in total. The van der Waals surface area contributed by atoms with E-state index in [2.05, 4.69) is 47.6 Å². The minimum absolute atomic E-state index is 0.867. The Morgan fingerprint density at radius 3 is 2.00 bits per heavy atom. The van der Waals surface area contributed by atoms with Crippen molar-refractivity contribution in [3.63, 3.8) is 0 Å². The molecule has 0 radical (unpaired) electrons. The van der Waals surface area contributed by atoms with Gasteiger partial charge in [-0.15, -0.1) is 0 Å². The van der Waals surface area contributed by atoms with E-state index in [1.54, 1.807) is 5.57 Å². The maximum Gasteiger partial charge on any atom is -0.0318 e. The summed E-state index contributed by atoms with van der Waals surface area (Å²) >= 11 is 0. The van der Waals surface area contributed by atoms with E-state index in [1.165, 1.54) is 32.1 Å². The molecule has 0 heteroatoms. The highest BCUT2D eigenvalue weighted by atomic mass is 14.2. The van der Waals surface area contributed by atoms with Gasteiger partial charge in [-0.2, -0.15) is 0 Å². The van der Waals surface area contributed by atoms with Gasteiger partial charge in [0.05, 0.1) is 0 Å². The van der Waals surface area contributed by atoms with Gasteiger partial charge in [0.2, 0.25) is 0 Å². The fraction of sp³-hybridized carbons (Fsp3) is 0.875. The van der Waals surface area contributed by atoms with Crippen molar-refractivity contribution in [1.82, 2.24) is 0 Å². The minimum atomic E-state index is 0.867. The van der Waals surface area contributed by atoms with E-state index >= 15 is 0 Å². The quantitative estimate of drug-likeness (QED) is 0.455.